The zero-order valence-corrected chi connectivity index (χ0v) is 16.1. The van der Waals surface area contributed by atoms with Gasteiger partial charge in [0, 0.05) is 12.1 Å². The molecule has 0 aliphatic rings. The molecule has 0 unspecified atom stereocenters. The summed E-state index contributed by atoms with van der Waals surface area (Å²) in [5.74, 6) is 0.971. The van der Waals surface area contributed by atoms with Crippen molar-refractivity contribution >= 4 is 12.2 Å². The van der Waals surface area contributed by atoms with Crippen molar-refractivity contribution in [3.63, 3.8) is 0 Å². The van der Waals surface area contributed by atoms with Crippen LogP contribution in [0, 0.1) is 13.8 Å². The number of rotatable bonds is 7. The molecule has 27 heavy (non-hydrogen) atoms. The zero-order valence-electron chi connectivity index (χ0n) is 16.1. The molecule has 0 saturated carbocycles. The van der Waals surface area contributed by atoms with Crippen LogP contribution in [0.1, 0.15) is 27.8 Å². The second-order valence-corrected chi connectivity index (χ2v) is 6.75. The van der Waals surface area contributed by atoms with Gasteiger partial charge in [0.1, 0.15) is 12.4 Å². The fraction of sp³-hybridized carbons (Fsp3) is 0.208. The molecule has 0 aliphatic carbocycles. The van der Waals surface area contributed by atoms with E-state index in [1.807, 2.05) is 18.2 Å². The summed E-state index contributed by atoms with van der Waals surface area (Å²) in [6.45, 7) is 6.28. The third kappa shape index (κ3) is 5.28. The fourth-order valence-electron chi connectivity index (χ4n) is 3.11. The number of hydrogen-bond donors (Lipinski definition) is 1. The molecule has 2 aromatic carbocycles. The molecule has 0 saturated heterocycles. The summed E-state index contributed by atoms with van der Waals surface area (Å²) in [7, 11) is 0. The van der Waals surface area contributed by atoms with Crippen LogP contribution in [0.2, 0.25) is 0 Å². The number of hydrogen-bond acceptors (Lipinski definition) is 2. The van der Waals surface area contributed by atoms with Gasteiger partial charge in [-0.15, -0.1) is 0 Å². The van der Waals surface area contributed by atoms with Crippen molar-refractivity contribution in [2.75, 3.05) is 6.54 Å². The minimum Gasteiger partial charge on any atom is -0.488 e. The van der Waals surface area contributed by atoms with Crippen LogP contribution < -0.4 is 15.0 Å². The first-order chi connectivity index (χ1) is 13.2. The fourth-order valence-corrected chi connectivity index (χ4v) is 3.11. The zero-order chi connectivity index (χ0) is 19.1. The topological polar surface area (TPSA) is 39.1 Å². The maximum absolute atomic E-state index is 6.07. The summed E-state index contributed by atoms with van der Waals surface area (Å²) in [6, 6.07) is 18.8. The van der Waals surface area contributed by atoms with E-state index in [9.17, 15) is 0 Å². The molecule has 0 amide bonds. The van der Waals surface area contributed by atoms with Crippen LogP contribution >= 0.6 is 0 Å². The predicted octanol–water partition coefficient (Wildman–Crippen LogP) is 4.30. The van der Waals surface area contributed by atoms with Crippen molar-refractivity contribution in [2.24, 2.45) is 5.73 Å². The van der Waals surface area contributed by atoms with E-state index in [1.165, 1.54) is 16.7 Å². The molecule has 0 bridgehead atoms. The molecule has 0 fully saturated rings. The minimum absolute atomic E-state index is 0.588. The first kappa shape index (κ1) is 18.9. The molecule has 138 valence electrons. The molecule has 0 spiro atoms. The Morgan fingerprint density at radius 1 is 0.889 bits per heavy atom. The first-order valence-electron chi connectivity index (χ1n) is 9.31. The minimum atomic E-state index is 0.588. The van der Waals surface area contributed by atoms with Gasteiger partial charge in [-0.05, 0) is 53.8 Å². The summed E-state index contributed by atoms with van der Waals surface area (Å²) in [6.07, 6.45) is 8.39. The van der Waals surface area contributed by atoms with Gasteiger partial charge in [0.05, 0.1) is 6.54 Å². The third-order valence-corrected chi connectivity index (χ3v) is 4.48. The van der Waals surface area contributed by atoms with Gasteiger partial charge in [-0.1, -0.05) is 42.5 Å². The van der Waals surface area contributed by atoms with E-state index >= 15 is 0 Å². The van der Waals surface area contributed by atoms with Gasteiger partial charge < -0.3 is 10.5 Å². The molecule has 0 atom stereocenters. The van der Waals surface area contributed by atoms with Gasteiger partial charge in [0.2, 0.25) is 0 Å². The Morgan fingerprint density at radius 2 is 1.52 bits per heavy atom. The Balaban J connectivity index is 1.70. The molecule has 0 radical (unpaired) electrons. The summed E-state index contributed by atoms with van der Waals surface area (Å²) >= 11 is 0. The van der Waals surface area contributed by atoms with E-state index in [2.05, 4.69) is 79.4 Å². The van der Waals surface area contributed by atoms with Gasteiger partial charge in [-0.25, -0.2) is 4.57 Å². The number of nitrogens with two attached hydrogens (primary N) is 1. The van der Waals surface area contributed by atoms with Gasteiger partial charge in [0.25, 0.3) is 0 Å². The second-order valence-electron chi connectivity index (χ2n) is 6.75. The summed E-state index contributed by atoms with van der Waals surface area (Å²) in [5, 5.41) is 0. The van der Waals surface area contributed by atoms with Gasteiger partial charge in [-0.2, -0.15) is 0 Å². The predicted molar refractivity (Wildman–Crippen MR) is 111 cm³/mol. The Bertz CT molecular complexity index is 876. The Hall–Kier alpha value is -2.91. The largest absolute Gasteiger partial charge is 0.488 e. The highest BCUT2D eigenvalue weighted by Gasteiger charge is 2.06. The molecule has 1 aromatic heterocycles. The maximum Gasteiger partial charge on any atom is 0.169 e. The standard InChI is InChI=1S/C24H27N2O/c1-19-16-23(9-8-21-10-13-26(14-11-21)15-12-25)17-20(2)24(19)27-18-22-6-4-3-5-7-22/h3-11,13-14,16-17H,12,15,18,25H2,1-2H3/q+1/b9-8+. The molecule has 2 N–H and O–H groups in total. The lowest BCUT2D eigenvalue weighted by Gasteiger charge is -2.13. The van der Waals surface area contributed by atoms with Crippen molar-refractivity contribution in [3.8, 4) is 5.75 Å². The molecule has 3 heteroatoms. The second kappa shape index (κ2) is 9.15. The molecule has 3 aromatic rings. The first-order valence-corrected chi connectivity index (χ1v) is 9.31. The smallest absolute Gasteiger partial charge is 0.169 e. The SMILES string of the molecule is Cc1cc(/C=C/c2cc[n+](CCN)cc2)cc(C)c1OCc1ccccc1. The molecule has 0 aliphatic heterocycles. The van der Waals surface area contributed by atoms with Crippen molar-refractivity contribution in [3.05, 3.63) is 94.8 Å². The number of aromatic nitrogens is 1. The number of nitrogens with zero attached hydrogens (tertiary/aromatic N) is 1. The Morgan fingerprint density at radius 3 is 2.15 bits per heavy atom. The van der Waals surface area contributed by atoms with E-state index in [0.717, 1.165) is 23.4 Å². The van der Waals surface area contributed by atoms with Crippen LogP contribution in [0.15, 0.2) is 67.0 Å². The van der Waals surface area contributed by atoms with E-state index in [4.69, 9.17) is 10.5 Å². The van der Waals surface area contributed by atoms with Crippen molar-refractivity contribution in [1.29, 1.82) is 0 Å². The lowest BCUT2D eigenvalue weighted by Crippen LogP contribution is -2.36. The summed E-state index contributed by atoms with van der Waals surface area (Å²) in [4.78, 5) is 0. The molecular formula is C24H27N2O+. The van der Waals surface area contributed by atoms with Crippen molar-refractivity contribution < 1.29 is 9.30 Å². The maximum atomic E-state index is 6.07. The number of ether oxygens (including phenoxy) is 1. The number of aryl methyl sites for hydroxylation is 2. The third-order valence-electron chi connectivity index (χ3n) is 4.48. The lowest BCUT2D eigenvalue weighted by molar-refractivity contribution is -0.694. The van der Waals surface area contributed by atoms with Crippen LogP contribution in [-0.2, 0) is 13.2 Å². The van der Waals surface area contributed by atoms with Crippen LogP contribution in [0.25, 0.3) is 12.2 Å². The van der Waals surface area contributed by atoms with Crippen LogP contribution in [-0.4, -0.2) is 6.54 Å². The number of benzene rings is 2. The molecule has 3 nitrogen and oxygen atoms in total. The summed E-state index contributed by atoms with van der Waals surface area (Å²) in [5.41, 5.74) is 11.4. The molecular weight excluding hydrogens is 332 g/mol. The van der Waals surface area contributed by atoms with E-state index in [-0.39, 0.29) is 0 Å². The Labute approximate surface area is 161 Å². The van der Waals surface area contributed by atoms with Gasteiger partial charge in [-0.3, -0.25) is 0 Å². The van der Waals surface area contributed by atoms with E-state index in [1.54, 1.807) is 0 Å². The monoisotopic (exact) mass is 359 g/mol. The van der Waals surface area contributed by atoms with E-state index < -0.39 is 0 Å². The van der Waals surface area contributed by atoms with Crippen LogP contribution in [0.3, 0.4) is 0 Å². The van der Waals surface area contributed by atoms with Gasteiger partial charge >= 0.3 is 0 Å². The Kier molecular flexibility index (Phi) is 6.39. The molecule has 1 heterocycles. The van der Waals surface area contributed by atoms with Gasteiger partial charge in [0.15, 0.2) is 18.9 Å². The van der Waals surface area contributed by atoms with Crippen LogP contribution in [0.4, 0.5) is 0 Å². The highest BCUT2D eigenvalue weighted by molar-refractivity contribution is 5.70. The van der Waals surface area contributed by atoms with Crippen LogP contribution in [0.5, 0.6) is 5.75 Å². The highest BCUT2D eigenvalue weighted by atomic mass is 16.5. The van der Waals surface area contributed by atoms with Crippen molar-refractivity contribution in [1.82, 2.24) is 0 Å². The summed E-state index contributed by atoms with van der Waals surface area (Å²) < 4.78 is 8.16. The molecule has 3 rings (SSSR count). The van der Waals surface area contributed by atoms with Crippen molar-refractivity contribution in [2.45, 2.75) is 27.0 Å². The number of pyridine rings is 1. The quantitative estimate of drug-likeness (QED) is 0.639. The highest BCUT2D eigenvalue weighted by Crippen LogP contribution is 2.26. The average Bonchev–Trinajstić information content (AvgIpc) is 2.68. The normalized spacial score (nSPS) is 11.1. The van der Waals surface area contributed by atoms with E-state index in [0.29, 0.717) is 13.2 Å². The average molecular weight is 359 g/mol. The lowest BCUT2D eigenvalue weighted by atomic mass is 10.0.